The molecular weight excluding hydrogens is 88.1 g/mol. The molecule has 0 unspecified atom stereocenters. The Bertz CT molecular complexity index is 134. The van der Waals surface area contributed by atoms with Crippen molar-refractivity contribution in [3.8, 4) is 0 Å². The normalized spacial score (nSPS) is 8.71. The molecule has 0 aliphatic heterocycles. The van der Waals surface area contributed by atoms with Crippen LogP contribution >= 0.6 is 0 Å². The van der Waals surface area contributed by atoms with Gasteiger partial charge in [0.25, 0.3) is 0 Å². The summed E-state index contributed by atoms with van der Waals surface area (Å²) in [6.07, 6.45) is 1.66. The Hall–Kier alpha value is -0.850. The zero-order valence-corrected chi connectivity index (χ0v) is 4.22. The Kier molecular flexibility index (Phi) is 1.07. The van der Waals surface area contributed by atoms with Crippen molar-refractivity contribution in [1.29, 1.82) is 0 Å². The van der Waals surface area contributed by atoms with Gasteiger partial charge in [-0.05, 0) is 6.07 Å². The first kappa shape index (κ1) is 4.31. The zero-order valence-electron chi connectivity index (χ0n) is 4.22. The molecule has 1 aromatic heterocycles. The predicted molar refractivity (Wildman–Crippen MR) is 27.9 cm³/mol. The first-order chi connectivity index (χ1) is 3.39. The second-order valence-corrected chi connectivity index (χ2v) is 1.42. The SMILES string of the molecule is Cc1cccc[o+]1. The minimum atomic E-state index is 0.947. The van der Waals surface area contributed by atoms with Crippen LogP contribution < -0.4 is 0 Å². The topological polar surface area (TPSA) is 11.3 Å². The first-order valence-electron chi connectivity index (χ1n) is 2.23. The van der Waals surface area contributed by atoms with Gasteiger partial charge in [0.1, 0.15) is 0 Å². The molecule has 0 aromatic carbocycles. The highest BCUT2D eigenvalue weighted by atomic mass is 16.3. The van der Waals surface area contributed by atoms with Crippen LogP contribution in [-0.2, 0) is 0 Å². The van der Waals surface area contributed by atoms with Gasteiger partial charge in [-0.2, -0.15) is 0 Å². The van der Waals surface area contributed by atoms with Crippen molar-refractivity contribution in [2.24, 2.45) is 0 Å². The Morgan fingerprint density at radius 3 is 2.57 bits per heavy atom. The zero-order chi connectivity index (χ0) is 5.11. The summed E-state index contributed by atoms with van der Waals surface area (Å²) in [7, 11) is 0. The highest BCUT2D eigenvalue weighted by molar-refractivity contribution is 4.95. The van der Waals surface area contributed by atoms with E-state index in [0.29, 0.717) is 0 Å². The Balaban J connectivity index is 3.02. The lowest BCUT2D eigenvalue weighted by molar-refractivity contribution is 0.516. The molecule has 0 bridgehead atoms. The van der Waals surface area contributed by atoms with Crippen molar-refractivity contribution in [2.75, 3.05) is 0 Å². The van der Waals surface area contributed by atoms with Crippen molar-refractivity contribution in [1.82, 2.24) is 0 Å². The van der Waals surface area contributed by atoms with E-state index in [4.69, 9.17) is 4.42 Å². The fourth-order valence-electron chi connectivity index (χ4n) is 0.422. The van der Waals surface area contributed by atoms with Crippen LogP contribution in [0, 0.1) is 6.92 Å². The molecule has 1 aromatic rings. The lowest BCUT2D eigenvalue weighted by atomic mass is 10.4. The van der Waals surface area contributed by atoms with E-state index < -0.39 is 0 Å². The van der Waals surface area contributed by atoms with Gasteiger partial charge in [-0.15, -0.1) is 0 Å². The molecular formula is C6H7O+. The summed E-state index contributed by atoms with van der Waals surface area (Å²) >= 11 is 0. The van der Waals surface area contributed by atoms with E-state index in [2.05, 4.69) is 0 Å². The summed E-state index contributed by atoms with van der Waals surface area (Å²) in [5.41, 5.74) is 0. The van der Waals surface area contributed by atoms with Gasteiger partial charge in [-0.1, -0.05) is 0 Å². The van der Waals surface area contributed by atoms with E-state index in [0.717, 1.165) is 5.76 Å². The van der Waals surface area contributed by atoms with Crippen LogP contribution in [0.1, 0.15) is 5.76 Å². The van der Waals surface area contributed by atoms with Crippen LogP contribution in [0.5, 0.6) is 0 Å². The molecule has 0 spiro atoms. The maximum atomic E-state index is 4.93. The third kappa shape index (κ3) is 1.000. The average Bonchev–Trinajstić information content (AvgIpc) is 1.69. The van der Waals surface area contributed by atoms with Crippen LogP contribution in [0.2, 0.25) is 0 Å². The minimum Gasteiger partial charge on any atom is -0.221 e. The molecule has 1 heteroatoms. The van der Waals surface area contributed by atoms with Gasteiger partial charge in [0, 0.05) is 12.1 Å². The standard InChI is InChI=1S/C6H7O/c1-6-4-2-3-5-7-6/h2-5H,1H3/q+1. The molecule has 0 saturated carbocycles. The minimum absolute atomic E-state index is 0.947. The van der Waals surface area contributed by atoms with Gasteiger partial charge < -0.3 is 0 Å². The molecule has 36 valence electrons. The fourth-order valence-corrected chi connectivity index (χ4v) is 0.422. The number of hydrogen-bond acceptors (Lipinski definition) is 0. The number of rotatable bonds is 0. The second kappa shape index (κ2) is 1.73. The lowest BCUT2D eigenvalue weighted by Gasteiger charge is -1.68. The van der Waals surface area contributed by atoms with E-state index in [1.807, 2.05) is 25.1 Å². The predicted octanol–water partition coefficient (Wildman–Crippen LogP) is 1.87. The van der Waals surface area contributed by atoms with Gasteiger partial charge in [0.15, 0.2) is 0 Å². The Morgan fingerprint density at radius 1 is 1.43 bits per heavy atom. The van der Waals surface area contributed by atoms with Crippen LogP contribution in [0.3, 0.4) is 0 Å². The van der Waals surface area contributed by atoms with Gasteiger partial charge in [-0.3, -0.25) is 0 Å². The van der Waals surface area contributed by atoms with Crippen LogP contribution in [-0.4, -0.2) is 0 Å². The lowest BCUT2D eigenvalue weighted by Crippen LogP contribution is -1.62. The van der Waals surface area contributed by atoms with Crippen LogP contribution in [0.25, 0.3) is 0 Å². The van der Waals surface area contributed by atoms with Crippen molar-refractivity contribution in [3.05, 3.63) is 30.2 Å². The van der Waals surface area contributed by atoms with Crippen molar-refractivity contribution in [2.45, 2.75) is 6.92 Å². The summed E-state index contributed by atoms with van der Waals surface area (Å²) in [5, 5.41) is 0. The van der Waals surface area contributed by atoms with Gasteiger partial charge >= 0.3 is 12.0 Å². The molecule has 0 amide bonds. The smallest absolute Gasteiger partial charge is 0.221 e. The highest BCUT2D eigenvalue weighted by Gasteiger charge is 1.89. The third-order valence-electron chi connectivity index (χ3n) is 0.775. The van der Waals surface area contributed by atoms with Gasteiger partial charge in [0.2, 0.25) is 0 Å². The summed E-state index contributed by atoms with van der Waals surface area (Å²) in [6, 6.07) is 5.71. The maximum absolute atomic E-state index is 4.93. The number of aryl methyl sites for hydroxylation is 1. The average molecular weight is 95.1 g/mol. The van der Waals surface area contributed by atoms with Gasteiger partial charge in [0.05, 0.1) is 6.92 Å². The van der Waals surface area contributed by atoms with E-state index >= 15 is 0 Å². The second-order valence-electron chi connectivity index (χ2n) is 1.42. The molecule has 0 aliphatic carbocycles. The van der Waals surface area contributed by atoms with Crippen molar-refractivity contribution in [3.63, 3.8) is 0 Å². The van der Waals surface area contributed by atoms with E-state index in [1.165, 1.54) is 0 Å². The first-order valence-corrected chi connectivity index (χ1v) is 2.23. The van der Waals surface area contributed by atoms with E-state index in [9.17, 15) is 0 Å². The summed E-state index contributed by atoms with van der Waals surface area (Å²) in [5.74, 6) is 0.947. The summed E-state index contributed by atoms with van der Waals surface area (Å²) < 4.78 is 4.93. The molecule has 0 aliphatic rings. The molecule has 1 nitrogen and oxygen atoms in total. The molecule has 0 radical (unpaired) electrons. The molecule has 1 heterocycles. The Labute approximate surface area is 42.6 Å². The molecule has 0 fully saturated rings. The van der Waals surface area contributed by atoms with Crippen molar-refractivity contribution >= 4 is 0 Å². The number of hydrogen-bond donors (Lipinski definition) is 0. The summed E-state index contributed by atoms with van der Waals surface area (Å²) in [6.45, 7) is 1.92. The van der Waals surface area contributed by atoms with E-state index in [-0.39, 0.29) is 0 Å². The quantitative estimate of drug-likeness (QED) is 0.448. The molecule has 0 N–H and O–H groups in total. The van der Waals surface area contributed by atoms with E-state index in [1.54, 1.807) is 6.26 Å². The molecule has 0 atom stereocenters. The van der Waals surface area contributed by atoms with Crippen molar-refractivity contribution < 1.29 is 4.42 Å². The highest BCUT2D eigenvalue weighted by Crippen LogP contribution is 1.92. The molecule has 7 heavy (non-hydrogen) atoms. The fraction of sp³-hybridized carbons (Fsp3) is 0.167. The Morgan fingerprint density at radius 2 is 2.29 bits per heavy atom. The summed E-state index contributed by atoms with van der Waals surface area (Å²) in [4.78, 5) is 0. The monoisotopic (exact) mass is 95.0 g/mol. The van der Waals surface area contributed by atoms with Crippen LogP contribution in [0.15, 0.2) is 28.9 Å². The largest absolute Gasteiger partial charge is 0.325 e. The molecule has 1 rings (SSSR count). The third-order valence-corrected chi connectivity index (χ3v) is 0.775. The maximum Gasteiger partial charge on any atom is 0.325 e. The van der Waals surface area contributed by atoms with Crippen LogP contribution in [0.4, 0.5) is 0 Å². The molecule has 0 saturated heterocycles. The van der Waals surface area contributed by atoms with Gasteiger partial charge in [-0.25, -0.2) is 4.42 Å².